The minimum absolute atomic E-state index is 0.120. The topological polar surface area (TPSA) is 73.5 Å². The smallest absolute Gasteiger partial charge is 0.258 e. The van der Waals surface area contributed by atoms with Gasteiger partial charge in [0.25, 0.3) is 11.5 Å². The molecule has 0 aliphatic heterocycles. The van der Waals surface area contributed by atoms with E-state index in [1.165, 1.54) is 0 Å². The number of rotatable bonds is 7. The number of benzene rings is 1. The molecular weight excluding hydrogens is 320 g/mol. The molecule has 0 radical (unpaired) electrons. The van der Waals surface area contributed by atoms with Gasteiger partial charge in [-0.15, -0.1) is 6.58 Å². The number of allylic oxidation sites excluding steroid dienone is 1. The highest BCUT2D eigenvalue weighted by molar-refractivity contribution is 5.88. The number of hydrogen-bond donors (Lipinski definition) is 1. The lowest BCUT2D eigenvalue weighted by Gasteiger charge is -2.10. The number of furan rings is 1. The summed E-state index contributed by atoms with van der Waals surface area (Å²) >= 11 is 0. The van der Waals surface area contributed by atoms with Gasteiger partial charge in [0.1, 0.15) is 11.5 Å². The van der Waals surface area contributed by atoms with Crippen LogP contribution in [0.2, 0.25) is 0 Å². The number of amides is 1. The van der Waals surface area contributed by atoms with Gasteiger partial charge in [0.15, 0.2) is 6.61 Å². The molecule has 0 saturated carbocycles. The normalized spacial score (nSPS) is 10.6. The van der Waals surface area contributed by atoms with Crippen molar-refractivity contribution in [2.24, 2.45) is 0 Å². The van der Waals surface area contributed by atoms with Crippen molar-refractivity contribution >= 4 is 16.7 Å². The number of aromatic nitrogens is 1. The Bertz CT molecular complexity index is 942. The van der Waals surface area contributed by atoms with Crippen molar-refractivity contribution in [3.05, 3.63) is 77.6 Å². The summed E-state index contributed by atoms with van der Waals surface area (Å²) in [4.78, 5) is 24.3. The molecule has 0 spiro atoms. The molecule has 2 heterocycles. The minimum Gasteiger partial charge on any atom is -0.483 e. The van der Waals surface area contributed by atoms with E-state index in [0.717, 1.165) is 0 Å². The zero-order valence-corrected chi connectivity index (χ0v) is 13.6. The zero-order chi connectivity index (χ0) is 17.6. The molecule has 3 rings (SSSR count). The number of fused-ring (bicyclic) bond motifs is 1. The molecule has 0 fully saturated rings. The molecule has 0 aliphatic carbocycles. The Kier molecular flexibility index (Phi) is 4.99. The molecule has 6 heteroatoms. The van der Waals surface area contributed by atoms with Crippen LogP contribution in [0.15, 0.2) is 70.7 Å². The summed E-state index contributed by atoms with van der Waals surface area (Å²) in [6.07, 6.45) is 4.90. The van der Waals surface area contributed by atoms with E-state index in [4.69, 9.17) is 9.15 Å². The lowest BCUT2D eigenvalue weighted by molar-refractivity contribution is -0.123. The highest BCUT2D eigenvalue weighted by atomic mass is 16.5. The standard InChI is InChI=1S/C19H18N2O4/c1-2-9-21-10-8-15-16(19(21)23)6-3-7-17(15)25-13-18(22)20-12-14-5-4-11-24-14/h2-8,10-11H,1,9,12-13H2,(H,20,22). The Morgan fingerprint density at radius 2 is 2.12 bits per heavy atom. The van der Waals surface area contributed by atoms with E-state index in [1.807, 2.05) is 0 Å². The van der Waals surface area contributed by atoms with Crippen LogP contribution in [0.1, 0.15) is 5.76 Å². The number of carbonyl (C=O) groups is 1. The quantitative estimate of drug-likeness (QED) is 0.672. The number of carbonyl (C=O) groups excluding carboxylic acids is 1. The molecule has 0 saturated heterocycles. The van der Waals surface area contributed by atoms with Gasteiger partial charge in [0.05, 0.1) is 18.2 Å². The second-order valence-electron chi connectivity index (χ2n) is 5.42. The molecule has 6 nitrogen and oxygen atoms in total. The maximum absolute atomic E-state index is 12.4. The van der Waals surface area contributed by atoms with Gasteiger partial charge in [-0.1, -0.05) is 12.1 Å². The first-order chi connectivity index (χ1) is 12.2. The largest absolute Gasteiger partial charge is 0.483 e. The van der Waals surface area contributed by atoms with Crippen molar-refractivity contribution in [1.29, 1.82) is 0 Å². The van der Waals surface area contributed by atoms with Crippen LogP contribution in [0.5, 0.6) is 5.75 Å². The summed E-state index contributed by atoms with van der Waals surface area (Å²) in [5.41, 5.74) is -0.120. The van der Waals surface area contributed by atoms with Crippen LogP contribution in [0.4, 0.5) is 0 Å². The van der Waals surface area contributed by atoms with Gasteiger partial charge >= 0.3 is 0 Å². The van der Waals surface area contributed by atoms with E-state index < -0.39 is 0 Å². The molecule has 1 aromatic carbocycles. The summed E-state index contributed by atoms with van der Waals surface area (Å²) < 4.78 is 12.3. The van der Waals surface area contributed by atoms with Crippen molar-refractivity contribution in [2.45, 2.75) is 13.1 Å². The highest BCUT2D eigenvalue weighted by Crippen LogP contribution is 2.23. The second-order valence-corrected chi connectivity index (χ2v) is 5.42. The number of pyridine rings is 1. The van der Waals surface area contributed by atoms with Crippen molar-refractivity contribution < 1.29 is 13.9 Å². The first kappa shape index (κ1) is 16.6. The van der Waals surface area contributed by atoms with Crippen LogP contribution in [-0.4, -0.2) is 17.1 Å². The molecule has 1 amide bonds. The maximum Gasteiger partial charge on any atom is 0.258 e. The molecule has 2 aromatic heterocycles. The molecule has 0 unspecified atom stereocenters. The summed E-state index contributed by atoms with van der Waals surface area (Å²) in [5.74, 6) is 0.892. The van der Waals surface area contributed by atoms with Crippen molar-refractivity contribution in [3.63, 3.8) is 0 Å². The molecule has 0 aliphatic rings. The Balaban J connectivity index is 1.71. The van der Waals surface area contributed by atoms with Gasteiger partial charge in [-0.2, -0.15) is 0 Å². The molecule has 25 heavy (non-hydrogen) atoms. The third-order valence-corrected chi connectivity index (χ3v) is 3.70. The monoisotopic (exact) mass is 338 g/mol. The third kappa shape index (κ3) is 3.80. The van der Waals surface area contributed by atoms with Gasteiger partial charge in [0, 0.05) is 18.1 Å². The van der Waals surface area contributed by atoms with Gasteiger partial charge in [-0.25, -0.2) is 0 Å². The van der Waals surface area contributed by atoms with Crippen LogP contribution >= 0.6 is 0 Å². The van der Waals surface area contributed by atoms with E-state index in [1.54, 1.807) is 59.5 Å². The number of nitrogens with one attached hydrogen (secondary N) is 1. The third-order valence-electron chi connectivity index (χ3n) is 3.70. The number of nitrogens with zero attached hydrogens (tertiary/aromatic N) is 1. The molecule has 0 bridgehead atoms. The van der Waals surface area contributed by atoms with Crippen LogP contribution in [-0.2, 0) is 17.9 Å². The molecular formula is C19H18N2O4. The number of hydrogen-bond acceptors (Lipinski definition) is 4. The maximum atomic E-state index is 12.4. The fourth-order valence-electron chi connectivity index (χ4n) is 2.49. The first-order valence-corrected chi connectivity index (χ1v) is 7.84. The van der Waals surface area contributed by atoms with Gasteiger partial charge in [-0.3, -0.25) is 9.59 Å². The van der Waals surface area contributed by atoms with E-state index in [2.05, 4.69) is 11.9 Å². The van der Waals surface area contributed by atoms with E-state index in [-0.39, 0.29) is 18.1 Å². The van der Waals surface area contributed by atoms with Gasteiger partial charge in [0.2, 0.25) is 0 Å². The summed E-state index contributed by atoms with van der Waals surface area (Å²) in [6, 6.07) is 10.5. The predicted molar refractivity (Wildman–Crippen MR) is 94.5 cm³/mol. The summed E-state index contributed by atoms with van der Waals surface area (Å²) in [5, 5.41) is 3.92. The van der Waals surface area contributed by atoms with Crippen LogP contribution in [0.3, 0.4) is 0 Å². The Labute approximate surface area is 144 Å². The van der Waals surface area contributed by atoms with E-state index in [9.17, 15) is 9.59 Å². The Morgan fingerprint density at radius 3 is 2.88 bits per heavy atom. The van der Waals surface area contributed by atoms with Gasteiger partial charge < -0.3 is 19.0 Å². The Hall–Kier alpha value is -3.28. The second kappa shape index (κ2) is 7.53. The SMILES string of the molecule is C=CCn1ccc2c(OCC(=O)NCc3ccco3)cccc2c1=O. The molecule has 3 aromatic rings. The first-order valence-electron chi connectivity index (χ1n) is 7.84. The lowest BCUT2D eigenvalue weighted by atomic mass is 10.1. The molecule has 128 valence electrons. The number of ether oxygens (including phenoxy) is 1. The minimum atomic E-state index is -0.270. The fourth-order valence-corrected chi connectivity index (χ4v) is 2.49. The average molecular weight is 338 g/mol. The Morgan fingerprint density at radius 1 is 1.24 bits per heavy atom. The summed E-state index contributed by atoms with van der Waals surface area (Å²) in [7, 11) is 0. The van der Waals surface area contributed by atoms with Gasteiger partial charge in [-0.05, 0) is 30.3 Å². The molecule has 0 atom stereocenters. The van der Waals surface area contributed by atoms with Crippen LogP contribution in [0.25, 0.3) is 10.8 Å². The highest BCUT2D eigenvalue weighted by Gasteiger charge is 2.09. The predicted octanol–water partition coefficient (Wildman–Crippen LogP) is 2.48. The zero-order valence-electron chi connectivity index (χ0n) is 13.6. The van der Waals surface area contributed by atoms with Crippen LogP contribution in [0, 0.1) is 0 Å². The summed E-state index contributed by atoms with van der Waals surface area (Å²) in [6.45, 7) is 4.24. The fraction of sp³-hybridized carbons (Fsp3) is 0.158. The van der Waals surface area contributed by atoms with E-state index in [0.29, 0.717) is 35.4 Å². The average Bonchev–Trinajstić information content (AvgIpc) is 3.14. The van der Waals surface area contributed by atoms with Crippen molar-refractivity contribution in [3.8, 4) is 5.75 Å². The lowest BCUT2D eigenvalue weighted by Crippen LogP contribution is -2.28. The van der Waals surface area contributed by atoms with E-state index >= 15 is 0 Å². The van der Waals surface area contributed by atoms with Crippen LogP contribution < -0.4 is 15.6 Å². The van der Waals surface area contributed by atoms with Crippen molar-refractivity contribution in [2.75, 3.05) is 6.61 Å². The van der Waals surface area contributed by atoms with Crippen molar-refractivity contribution in [1.82, 2.24) is 9.88 Å². The molecule has 1 N–H and O–H groups in total.